The van der Waals surface area contributed by atoms with Crippen molar-refractivity contribution in [2.24, 2.45) is 0 Å². The molecule has 4 aromatic rings. The molecule has 0 spiro atoms. The van der Waals surface area contributed by atoms with Gasteiger partial charge in [-0.05, 0) is 24.3 Å². The van der Waals surface area contributed by atoms with Gasteiger partial charge in [0.15, 0.2) is 0 Å². The Labute approximate surface area is 175 Å². The van der Waals surface area contributed by atoms with Gasteiger partial charge in [0.25, 0.3) is 5.56 Å². The number of halogens is 2. The molecule has 0 unspecified atom stereocenters. The first kappa shape index (κ1) is 19.2. The summed E-state index contributed by atoms with van der Waals surface area (Å²) in [5, 5.41) is 8.46. The summed E-state index contributed by atoms with van der Waals surface area (Å²) in [4.78, 5) is 29.3. The fraction of sp³-hybridized carbons (Fsp3) is 0.100. The molecule has 7 nitrogen and oxygen atoms in total. The summed E-state index contributed by atoms with van der Waals surface area (Å²) in [6.07, 6.45) is 2.93. The van der Waals surface area contributed by atoms with Gasteiger partial charge in [-0.3, -0.25) is 14.2 Å². The molecule has 1 N–H and O–H groups in total. The number of rotatable bonds is 5. The lowest BCUT2D eigenvalue weighted by Crippen LogP contribution is -2.28. The minimum atomic E-state index is -0.379. The molecule has 0 aliphatic rings. The topological polar surface area (TPSA) is 81.8 Å². The largest absolute Gasteiger partial charge is 0.309 e. The van der Waals surface area contributed by atoms with Crippen LogP contribution in [0.1, 0.15) is 5.56 Å². The Morgan fingerprint density at radius 3 is 2.59 bits per heavy atom. The normalized spacial score (nSPS) is 11.0. The van der Waals surface area contributed by atoms with E-state index < -0.39 is 0 Å². The lowest BCUT2D eigenvalue weighted by Gasteiger charge is -2.12. The van der Waals surface area contributed by atoms with Gasteiger partial charge in [0, 0.05) is 21.7 Å². The smallest absolute Gasteiger partial charge is 0.261 e. The van der Waals surface area contributed by atoms with E-state index in [0.29, 0.717) is 38.9 Å². The summed E-state index contributed by atoms with van der Waals surface area (Å²) in [6.45, 7) is 0.118. The molecule has 146 valence electrons. The van der Waals surface area contributed by atoms with Gasteiger partial charge in [0.1, 0.15) is 12.4 Å². The summed E-state index contributed by atoms with van der Waals surface area (Å²) < 4.78 is 2.84. The molecule has 0 saturated carbocycles. The van der Waals surface area contributed by atoms with Crippen LogP contribution in [-0.4, -0.2) is 25.2 Å². The Hall–Kier alpha value is -3.16. The molecular weight excluding hydrogens is 413 g/mol. The van der Waals surface area contributed by atoms with Gasteiger partial charge < -0.3 is 5.32 Å². The average molecular weight is 428 g/mol. The lowest BCUT2D eigenvalue weighted by atomic mass is 10.2. The Kier molecular flexibility index (Phi) is 5.33. The number of amides is 1. The molecule has 0 radical (unpaired) electrons. The highest BCUT2D eigenvalue weighted by Crippen LogP contribution is 2.26. The first-order chi connectivity index (χ1) is 14.0. The molecule has 2 heterocycles. The molecule has 0 fully saturated rings. The average Bonchev–Trinajstić information content (AvgIpc) is 3.14. The zero-order valence-electron chi connectivity index (χ0n) is 15.0. The maximum atomic E-state index is 12.5. The van der Waals surface area contributed by atoms with Crippen molar-refractivity contribution < 1.29 is 4.79 Å². The van der Waals surface area contributed by atoms with Gasteiger partial charge >= 0.3 is 0 Å². The third kappa shape index (κ3) is 4.01. The zero-order chi connectivity index (χ0) is 20.4. The first-order valence-corrected chi connectivity index (χ1v) is 9.47. The highest BCUT2D eigenvalue weighted by Gasteiger charge is 2.13. The minimum absolute atomic E-state index is 0.172. The van der Waals surface area contributed by atoms with Gasteiger partial charge in [-0.1, -0.05) is 41.4 Å². The summed E-state index contributed by atoms with van der Waals surface area (Å²) in [5.41, 5.74) is 1.01. The van der Waals surface area contributed by atoms with Crippen LogP contribution in [0.15, 0.2) is 65.8 Å². The van der Waals surface area contributed by atoms with Gasteiger partial charge in [-0.25, -0.2) is 9.67 Å². The van der Waals surface area contributed by atoms with E-state index in [1.165, 1.54) is 10.9 Å². The predicted octanol–water partition coefficient (Wildman–Crippen LogP) is 3.59. The van der Waals surface area contributed by atoms with Crippen molar-refractivity contribution in [2.75, 3.05) is 5.32 Å². The molecule has 2 aromatic heterocycles. The monoisotopic (exact) mass is 427 g/mol. The van der Waals surface area contributed by atoms with E-state index >= 15 is 0 Å². The van der Waals surface area contributed by atoms with Crippen molar-refractivity contribution in [3.05, 3.63) is 87.0 Å². The number of nitrogens with zero attached hydrogens (tertiary/aromatic N) is 4. The summed E-state index contributed by atoms with van der Waals surface area (Å²) in [7, 11) is 0. The van der Waals surface area contributed by atoms with Crippen molar-refractivity contribution in [1.82, 2.24) is 19.3 Å². The molecule has 2 aromatic carbocycles. The van der Waals surface area contributed by atoms with E-state index in [-0.39, 0.29) is 18.0 Å². The fourth-order valence-electron chi connectivity index (χ4n) is 2.95. The van der Waals surface area contributed by atoms with Crippen LogP contribution in [0.5, 0.6) is 0 Å². The second-order valence-electron chi connectivity index (χ2n) is 6.32. The Morgan fingerprint density at radius 2 is 1.79 bits per heavy atom. The molecule has 0 atom stereocenters. The number of fused-ring (bicyclic) bond motifs is 1. The number of aromatic nitrogens is 4. The second-order valence-corrected chi connectivity index (χ2v) is 7.13. The van der Waals surface area contributed by atoms with E-state index in [1.54, 1.807) is 59.4 Å². The van der Waals surface area contributed by atoms with Crippen LogP contribution >= 0.6 is 23.2 Å². The molecule has 29 heavy (non-hydrogen) atoms. The van der Waals surface area contributed by atoms with Crippen molar-refractivity contribution in [3.8, 4) is 0 Å². The fourth-order valence-corrected chi connectivity index (χ4v) is 3.47. The third-order valence-electron chi connectivity index (χ3n) is 4.40. The Balaban J connectivity index is 1.53. The highest BCUT2D eigenvalue weighted by molar-refractivity contribution is 6.36. The number of carbonyl (C=O) groups is 1. The standard InChI is InChI=1S/C20H15Cl2N5O2/c21-15-5-3-6-16(22)14(15)10-27-18(8-9-24-27)25-19(28)11-26-12-23-17-7-2-1-4-13(17)20(26)29/h1-9,12H,10-11H2,(H,25,28). The molecular formula is C20H15Cl2N5O2. The van der Waals surface area contributed by atoms with Crippen molar-refractivity contribution >= 4 is 45.8 Å². The molecule has 1 amide bonds. The third-order valence-corrected chi connectivity index (χ3v) is 5.11. The SMILES string of the molecule is O=C(Cn1cnc2ccccc2c1=O)Nc1ccnn1Cc1c(Cl)cccc1Cl. The minimum Gasteiger partial charge on any atom is -0.309 e. The van der Waals surface area contributed by atoms with Crippen molar-refractivity contribution in [1.29, 1.82) is 0 Å². The number of carbonyl (C=O) groups excluding carboxylic acids is 1. The highest BCUT2D eigenvalue weighted by atomic mass is 35.5. The van der Waals surface area contributed by atoms with E-state index in [4.69, 9.17) is 23.2 Å². The number of para-hydroxylation sites is 1. The van der Waals surface area contributed by atoms with Gasteiger partial charge in [0.05, 0.1) is 30.0 Å². The predicted molar refractivity (Wildman–Crippen MR) is 112 cm³/mol. The van der Waals surface area contributed by atoms with Crippen LogP contribution < -0.4 is 10.9 Å². The van der Waals surface area contributed by atoms with Gasteiger partial charge in [-0.2, -0.15) is 5.10 Å². The molecule has 0 bridgehead atoms. The summed E-state index contributed by atoms with van der Waals surface area (Å²) in [5.74, 6) is 0.0870. The maximum absolute atomic E-state index is 12.5. The summed E-state index contributed by atoms with van der Waals surface area (Å²) >= 11 is 12.4. The van der Waals surface area contributed by atoms with Gasteiger partial charge in [0.2, 0.25) is 5.91 Å². The number of hydrogen-bond acceptors (Lipinski definition) is 4. The van der Waals surface area contributed by atoms with Crippen LogP contribution in [0.2, 0.25) is 10.0 Å². The maximum Gasteiger partial charge on any atom is 0.261 e. The molecule has 4 rings (SSSR count). The van der Waals surface area contributed by atoms with Crippen molar-refractivity contribution in [3.63, 3.8) is 0 Å². The van der Waals surface area contributed by atoms with E-state index in [9.17, 15) is 9.59 Å². The number of hydrogen-bond donors (Lipinski definition) is 1. The van der Waals surface area contributed by atoms with Crippen LogP contribution in [0, 0.1) is 0 Å². The van der Waals surface area contributed by atoms with E-state index in [2.05, 4.69) is 15.4 Å². The van der Waals surface area contributed by atoms with Crippen LogP contribution in [0.25, 0.3) is 10.9 Å². The van der Waals surface area contributed by atoms with Crippen LogP contribution in [0.3, 0.4) is 0 Å². The molecule has 0 aliphatic heterocycles. The summed E-state index contributed by atoms with van der Waals surface area (Å²) in [6, 6.07) is 13.9. The quantitative estimate of drug-likeness (QED) is 0.527. The lowest BCUT2D eigenvalue weighted by molar-refractivity contribution is -0.116. The Morgan fingerprint density at radius 1 is 1.03 bits per heavy atom. The molecule has 9 heteroatoms. The molecule has 0 saturated heterocycles. The van der Waals surface area contributed by atoms with Crippen LogP contribution in [0.4, 0.5) is 5.82 Å². The number of anilines is 1. The zero-order valence-corrected chi connectivity index (χ0v) is 16.6. The number of benzene rings is 2. The number of nitrogens with one attached hydrogen (secondary N) is 1. The van der Waals surface area contributed by atoms with E-state index in [0.717, 1.165) is 0 Å². The van der Waals surface area contributed by atoms with Crippen LogP contribution in [-0.2, 0) is 17.9 Å². The second kappa shape index (κ2) is 8.06. The van der Waals surface area contributed by atoms with Crippen molar-refractivity contribution in [2.45, 2.75) is 13.1 Å². The van der Waals surface area contributed by atoms with Gasteiger partial charge in [-0.15, -0.1) is 0 Å². The Bertz CT molecular complexity index is 1240. The first-order valence-electron chi connectivity index (χ1n) is 8.71. The van der Waals surface area contributed by atoms with E-state index in [1.807, 2.05) is 0 Å². The molecule has 0 aliphatic carbocycles.